The standard InChI is InChI=1S/C12H19N3O4S/c13-11-3-1-2-4-12(11)19-8-5-14-20(16,17)15-6-9-18-10-7-15/h1-4,14H,5-10,13H2. The molecule has 0 unspecified atom stereocenters. The van der Waals surface area contributed by atoms with Crippen LogP contribution in [0, 0.1) is 0 Å². The van der Waals surface area contributed by atoms with Crippen molar-refractivity contribution < 1.29 is 17.9 Å². The first-order valence-corrected chi connectivity index (χ1v) is 7.83. The van der Waals surface area contributed by atoms with Gasteiger partial charge in [0.25, 0.3) is 10.2 Å². The Kier molecular flexibility index (Phi) is 5.18. The Hall–Kier alpha value is -1.35. The van der Waals surface area contributed by atoms with E-state index in [2.05, 4.69) is 4.72 Å². The van der Waals surface area contributed by atoms with Gasteiger partial charge in [-0.3, -0.25) is 0 Å². The molecule has 0 radical (unpaired) electrons. The molecule has 1 fully saturated rings. The molecule has 1 aromatic carbocycles. The Balaban J connectivity index is 1.76. The van der Waals surface area contributed by atoms with Crippen LogP contribution in [0.15, 0.2) is 24.3 Å². The maximum Gasteiger partial charge on any atom is 0.279 e. The highest BCUT2D eigenvalue weighted by Gasteiger charge is 2.23. The summed E-state index contributed by atoms with van der Waals surface area (Å²) in [5.41, 5.74) is 6.25. The number of nitrogens with two attached hydrogens (primary N) is 1. The molecule has 2 rings (SSSR count). The van der Waals surface area contributed by atoms with E-state index in [4.69, 9.17) is 15.2 Å². The van der Waals surface area contributed by atoms with E-state index in [1.165, 1.54) is 4.31 Å². The highest BCUT2D eigenvalue weighted by Crippen LogP contribution is 2.19. The minimum atomic E-state index is -3.46. The fraction of sp³-hybridized carbons (Fsp3) is 0.500. The van der Waals surface area contributed by atoms with E-state index in [1.54, 1.807) is 12.1 Å². The number of hydrogen-bond acceptors (Lipinski definition) is 5. The molecular formula is C12H19N3O4S. The van der Waals surface area contributed by atoms with Crippen molar-refractivity contribution in [2.45, 2.75) is 0 Å². The Bertz CT molecular complexity index is 529. The van der Waals surface area contributed by atoms with Gasteiger partial charge in [-0.1, -0.05) is 12.1 Å². The van der Waals surface area contributed by atoms with Crippen molar-refractivity contribution in [3.63, 3.8) is 0 Å². The van der Waals surface area contributed by atoms with E-state index in [0.29, 0.717) is 37.7 Å². The Labute approximate surface area is 118 Å². The predicted molar refractivity (Wildman–Crippen MR) is 75.7 cm³/mol. The summed E-state index contributed by atoms with van der Waals surface area (Å²) in [4.78, 5) is 0. The van der Waals surface area contributed by atoms with Crippen LogP contribution in [-0.2, 0) is 14.9 Å². The Morgan fingerprint density at radius 3 is 2.70 bits per heavy atom. The topological polar surface area (TPSA) is 93.9 Å². The second-order valence-corrected chi connectivity index (χ2v) is 6.05. The van der Waals surface area contributed by atoms with Gasteiger partial charge in [0.2, 0.25) is 0 Å². The number of nitrogens with zero attached hydrogens (tertiary/aromatic N) is 1. The first kappa shape index (κ1) is 15.0. The van der Waals surface area contributed by atoms with Crippen LogP contribution >= 0.6 is 0 Å². The van der Waals surface area contributed by atoms with Crippen LogP contribution in [0.3, 0.4) is 0 Å². The van der Waals surface area contributed by atoms with Crippen molar-refractivity contribution >= 4 is 15.9 Å². The van der Waals surface area contributed by atoms with Gasteiger partial charge in [-0.05, 0) is 12.1 Å². The molecule has 3 N–H and O–H groups in total. The van der Waals surface area contributed by atoms with Crippen LogP contribution < -0.4 is 15.2 Å². The molecule has 0 saturated carbocycles. The fourth-order valence-corrected chi connectivity index (χ4v) is 2.98. The smallest absolute Gasteiger partial charge is 0.279 e. The first-order chi connectivity index (χ1) is 9.59. The summed E-state index contributed by atoms with van der Waals surface area (Å²) < 4.78 is 38.3. The van der Waals surface area contributed by atoms with Crippen molar-refractivity contribution in [2.75, 3.05) is 45.2 Å². The SMILES string of the molecule is Nc1ccccc1OCCNS(=O)(=O)N1CCOCC1. The van der Waals surface area contributed by atoms with Crippen LogP contribution in [0.25, 0.3) is 0 Å². The van der Waals surface area contributed by atoms with E-state index in [1.807, 2.05) is 12.1 Å². The maximum absolute atomic E-state index is 11.9. The normalized spacial score (nSPS) is 17.0. The van der Waals surface area contributed by atoms with Crippen molar-refractivity contribution in [1.29, 1.82) is 0 Å². The maximum atomic E-state index is 11.9. The van der Waals surface area contributed by atoms with Crippen molar-refractivity contribution in [1.82, 2.24) is 9.03 Å². The van der Waals surface area contributed by atoms with Crippen molar-refractivity contribution in [2.24, 2.45) is 0 Å². The number of para-hydroxylation sites is 2. The Morgan fingerprint density at radius 1 is 1.30 bits per heavy atom. The molecule has 0 amide bonds. The van der Waals surface area contributed by atoms with Gasteiger partial charge < -0.3 is 15.2 Å². The van der Waals surface area contributed by atoms with E-state index in [0.717, 1.165) is 0 Å². The van der Waals surface area contributed by atoms with E-state index >= 15 is 0 Å². The third-order valence-corrected chi connectivity index (χ3v) is 4.49. The molecule has 0 aliphatic carbocycles. The zero-order chi connectivity index (χ0) is 14.4. The van der Waals surface area contributed by atoms with Crippen LogP contribution in [0.4, 0.5) is 5.69 Å². The lowest BCUT2D eigenvalue weighted by Crippen LogP contribution is -2.47. The number of morpholine rings is 1. The van der Waals surface area contributed by atoms with Crippen LogP contribution in [0.1, 0.15) is 0 Å². The molecular weight excluding hydrogens is 282 g/mol. The molecule has 0 spiro atoms. The van der Waals surface area contributed by atoms with Gasteiger partial charge in [0.05, 0.1) is 18.9 Å². The summed E-state index contributed by atoms with van der Waals surface area (Å²) in [6.07, 6.45) is 0. The molecule has 1 saturated heterocycles. The summed E-state index contributed by atoms with van der Waals surface area (Å²) in [7, 11) is -3.46. The third-order valence-electron chi connectivity index (χ3n) is 2.87. The van der Waals surface area contributed by atoms with Crippen LogP contribution in [-0.4, -0.2) is 52.2 Å². The number of rotatable bonds is 6. The summed E-state index contributed by atoms with van der Waals surface area (Å²) >= 11 is 0. The minimum Gasteiger partial charge on any atom is -0.490 e. The number of ether oxygens (including phenoxy) is 2. The van der Waals surface area contributed by atoms with Gasteiger partial charge in [-0.2, -0.15) is 17.4 Å². The van der Waals surface area contributed by atoms with Crippen LogP contribution in [0.2, 0.25) is 0 Å². The summed E-state index contributed by atoms with van der Waals surface area (Å²) in [5.74, 6) is 0.554. The lowest BCUT2D eigenvalue weighted by molar-refractivity contribution is 0.0724. The molecule has 112 valence electrons. The van der Waals surface area contributed by atoms with Gasteiger partial charge in [0.15, 0.2) is 0 Å². The van der Waals surface area contributed by atoms with Crippen molar-refractivity contribution in [3.8, 4) is 5.75 Å². The number of hydrogen-bond donors (Lipinski definition) is 2. The van der Waals surface area contributed by atoms with Gasteiger partial charge in [0.1, 0.15) is 12.4 Å². The minimum absolute atomic E-state index is 0.189. The molecule has 1 aromatic rings. The van der Waals surface area contributed by atoms with Gasteiger partial charge in [-0.15, -0.1) is 0 Å². The van der Waals surface area contributed by atoms with Gasteiger partial charge >= 0.3 is 0 Å². The monoisotopic (exact) mass is 301 g/mol. The van der Waals surface area contributed by atoms with Crippen LogP contribution in [0.5, 0.6) is 5.75 Å². The van der Waals surface area contributed by atoms with E-state index in [9.17, 15) is 8.42 Å². The second kappa shape index (κ2) is 6.89. The highest BCUT2D eigenvalue weighted by atomic mass is 32.2. The zero-order valence-electron chi connectivity index (χ0n) is 11.1. The third kappa shape index (κ3) is 4.07. The predicted octanol–water partition coefficient (Wildman–Crippen LogP) is -0.186. The highest BCUT2D eigenvalue weighted by molar-refractivity contribution is 7.87. The average molecular weight is 301 g/mol. The molecule has 0 atom stereocenters. The summed E-state index contributed by atoms with van der Waals surface area (Å²) in [6.45, 7) is 2.02. The molecule has 0 aromatic heterocycles. The second-order valence-electron chi connectivity index (χ2n) is 4.30. The molecule has 1 aliphatic heterocycles. The quantitative estimate of drug-likeness (QED) is 0.561. The number of benzene rings is 1. The van der Waals surface area contributed by atoms with E-state index in [-0.39, 0.29) is 13.2 Å². The van der Waals surface area contributed by atoms with E-state index < -0.39 is 10.2 Å². The lowest BCUT2D eigenvalue weighted by atomic mass is 10.3. The average Bonchev–Trinajstić information content (AvgIpc) is 2.46. The first-order valence-electron chi connectivity index (χ1n) is 6.39. The Morgan fingerprint density at radius 2 is 2.00 bits per heavy atom. The molecule has 1 aliphatic rings. The molecule has 1 heterocycles. The summed E-state index contributed by atoms with van der Waals surface area (Å²) in [5, 5.41) is 0. The summed E-state index contributed by atoms with van der Waals surface area (Å²) in [6, 6.07) is 7.09. The van der Waals surface area contributed by atoms with Gasteiger partial charge in [-0.25, -0.2) is 0 Å². The number of anilines is 1. The van der Waals surface area contributed by atoms with Gasteiger partial charge in [0, 0.05) is 19.6 Å². The lowest BCUT2D eigenvalue weighted by Gasteiger charge is -2.26. The van der Waals surface area contributed by atoms with Crippen molar-refractivity contribution in [3.05, 3.63) is 24.3 Å². The molecule has 20 heavy (non-hydrogen) atoms. The molecule has 7 nitrogen and oxygen atoms in total. The number of nitrogens with one attached hydrogen (secondary N) is 1. The zero-order valence-corrected chi connectivity index (χ0v) is 11.9. The fourth-order valence-electron chi connectivity index (χ4n) is 1.82. The number of nitrogen functional groups attached to an aromatic ring is 1. The molecule has 8 heteroatoms. The molecule has 0 bridgehead atoms. The largest absolute Gasteiger partial charge is 0.490 e.